The number of sulfone groups is 1. The maximum Gasteiger partial charge on any atom is 0.251 e. The lowest BCUT2D eigenvalue weighted by Crippen LogP contribution is -2.54. The van der Waals surface area contributed by atoms with Gasteiger partial charge in [0, 0.05) is 37.2 Å². The number of halogens is 3. The van der Waals surface area contributed by atoms with Crippen LogP contribution >= 0.6 is 23.2 Å². The highest BCUT2D eigenvalue weighted by Crippen LogP contribution is 2.42. The molecule has 2 aromatic rings. The predicted octanol–water partition coefficient (Wildman–Crippen LogP) is 2.65. The minimum absolute atomic E-state index is 0.122. The fourth-order valence-electron chi connectivity index (χ4n) is 4.29. The highest BCUT2D eigenvalue weighted by Gasteiger charge is 2.38. The Bertz CT molecular complexity index is 1240. The minimum atomic E-state index is -3.72. The molecule has 1 unspecified atom stereocenters. The van der Waals surface area contributed by atoms with Crippen LogP contribution in [0.3, 0.4) is 0 Å². The lowest BCUT2D eigenvalue weighted by atomic mass is 10.1. The second-order valence-electron chi connectivity index (χ2n) is 9.16. The van der Waals surface area contributed by atoms with Crippen molar-refractivity contribution in [3.63, 3.8) is 0 Å². The van der Waals surface area contributed by atoms with Crippen LogP contribution in [-0.4, -0.2) is 81.6 Å². The number of hydrogen-bond donors (Lipinski definition) is 2. The number of nitrogens with zero attached hydrogens (tertiary/aromatic N) is 1. The third-order valence-corrected chi connectivity index (χ3v) is 8.84. The molecule has 0 radical (unpaired) electrons. The first-order valence-corrected chi connectivity index (χ1v) is 14.5. The lowest BCUT2D eigenvalue weighted by Gasteiger charge is -2.30. The maximum absolute atomic E-state index is 13.2. The van der Waals surface area contributed by atoms with E-state index in [9.17, 15) is 22.4 Å². The zero-order valence-electron chi connectivity index (χ0n) is 20.0. The van der Waals surface area contributed by atoms with Gasteiger partial charge in [0.15, 0.2) is 9.84 Å². The average molecular weight is 572 g/mol. The van der Waals surface area contributed by atoms with E-state index in [1.54, 1.807) is 6.07 Å². The summed E-state index contributed by atoms with van der Waals surface area (Å²) in [6.07, 6.45) is 0.851. The number of amides is 2. The van der Waals surface area contributed by atoms with Crippen LogP contribution in [0.1, 0.15) is 28.3 Å². The van der Waals surface area contributed by atoms with E-state index in [-0.39, 0.29) is 29.8 Å². The van der Waals surface area contributed by atoms with Gasteiger partial charge in [0.05, 0.1) is 34.8 Å². The number of ether oxygens (including phenoxy) is 1. The molecule has 1 heterocycles. The Hall–Kier alpha value is -2.24. The van der Waals surface area contributed by atoms with Gasteiger partial charge in [-0.25, -0.2) is 12.8 Å². The average Bonchev–Trinajstić information content (AvgIpc) is 3.65. The molecule has 1 saturated carbocycles. The van der Waals surface area contributed by atoms with E-state index in [0.29, 0.717) is 36.3 Å². The van der Waals surface area contributed by atoms with Gasteiger partial charge in [0.1, 0.15) is 11.9 Å². The quantitative estimate of drug-likeness (QED) is 0.454. The van der Waals surface area contributed by atoms with Crippen LogP contribution in [0, 0.1) is 5.82 Å². The first-order valence-electron chi connectivity index (χ1n) is 11.9. The second kappa shape index (κ2) is 12.1. The van der Waals surface area contributed by atoms with Gasteiger partial charge in [0.25, 0.3) is 5.91 Å². The summed E-state index contributed by atoms with van der Waals surface area (Å²) >= 11 is 12.1. The first-order chi connectivity index (χ1) is 17.6. The maximum atomic E-state index is 13.2. The van der Waals surface area contributed by atoms with Crippen molar-refractivity contribution in [3.8, 4) is 0 Å². The van der Waals surface area contributed by atoms with Gasteiger partial charge in [-0.15, -0.1) is 0 Å². The molecule has 0 bridgehead atoms. The monoisotopic (exact) mass is 571 g/mol. The van der Waals surface area contributed by atoms with Crippen LogP contribution < -0.4 is 10.6 Å². The molecule has 1 aliphatic heterocycles. The first kappa shape index (κ1) is 27.8. The van der Waals surface area contributed by atoms with E-state index in [1.807, 2.05) is 12.1 Å². The summed E-state index contributed by atoms with van der Waals surface area (Å²) in [7, 11) is -3.72. The van der Waals surface area contributed by atoms with E-state index in [2.05, 4.69) is 10.6 Å². The zero-order chi connectivity index (χ0) is 26.6. The topological polar surface area (TPSA) is 105 Å². The Morgan fingerprint density at radius 1 is 1.08 bits per heavy atom. The minimum Gasteiger partial charge on any atom is -0.378 e. The second-order valence-corrected chi connectivity index (χ2v) is 12.2. The third-order valence-electron chi connectivity index (χ3n) is 6.44. The molecule has 2 aromatic carbocycles. The predicted molar refractivity (Wildman–Crippen MR) is 139 cm³/mol. The molecule has 0 aromatic heterocycles. The molecular weight excluding hydrogens is 544 g/mol. The summed E-state index contributed by atoms with van der Waals surface area (Å²) in [5.41, 5.74) is 1.16. The zero-order valence-corrected chi connectivity index (χ0v) is 22.3. The summed E-state index contributed by atoms with van der Waals surface area (Å²) < 4.78 is 44.4. The van der Waals surface area contributed by atoms with Crippen molar-refractivity contribution in [2.24, 2.45) is 0 Å². The normalized spacial score (nSPS) is 20.4. The van der Waals surface area contributed by atoms with Crippen LogP contribution in [0.25, 0.3) is 0 Å². The molecular formula is C25H28Cl2FN3O5S. The Balaban J connectivity index is 1.35. The summed E-state index contributed by atoms with van der Waals surface area (Å²) in [6.45, 7) is 1.49. The SMILES string of the molecule is O=C(N[C@H](CS(=O)(=O)CCNC1C[C@H]1c1ccc(Cl)c(Cl)c1)C(=O)N1CCOCC1)c1ccc(F)cc1. The van der Waals surface area contributed by atoms with Gasteiger partial charge in [-0.2, -0.15) is 0 Å². The van der Waals surface area contributed by atoms with Crippen molar-refractivity contribution >= 4 is 44.9 Å². The molecule has 200 valence electrons. The number of hydrogen-bond acceptors (Lipinski definition) is 6. The van der Waals surface area contributed by atoms with Crippen molar-refractivity contribution in [2.75, 3.05) is 44.4 Å². The smallest absolute Gasteiger partial charge is 0.251 e. The van der Waals surface area contributed by atoms with Crippen LogP contribution in [0.5, 0.6) is 0 Å². The number of carbonyl (C=O) groups is 2. The Morgan fingerprint density at radius 2 is 1.78 bits per heavy atom. The van der Waals surface area contributed by atoms with Gasteiger partial charge in [-0.05, 0) is 48.4 Å². The third kappa shape index (κ3) is 7.64. The van der Waals surface area contributed by atoms with Crippen LogP contribution in [0.4, 0.5) is 4.39 Å². The molecule has 4 rings (SSSR count). The fraction of sp³-hybridized carbons (Fsp3) is 0.440. The molecule has 0 spiro atoms. The largest absolute Gasteiger partial charge is 0.378 e. The molecule has 37 heavy (non-hydrogen) atoms. The Labute approximate surface area is 225 Å². The summed E-state index contributed by atoms with van der Waals surface area (Å²) in [4.78, 5) is 27.3. The number of benzene rings is 2. The molecule has 3 atom stereocenters. The van der Waals surface area contributed by atoms with Gasteiger partial charge in [0.2, 0.25) is 5.91 Å². The van der Waals surface area contributed by atoms with Gasteiger partial charge in [-0.3, -0.25) is 9.59 Å². The molecule has 1 saturated heterocycles. The van der Waals surface area contributed by atoms with Crippen molar-refractivity contribution < 1.29 is 27.1 Å². The molecule has 1 aliphatic carbocycles. The highest BCUT2D eigenvalue weighted by molar-refractivity contribution is 7.91. The van der Waals surface area contributed by atoms with Crippen molar-refractivity contribution in [1.29, 1.82) is 0 Å². The molecule has 2 aliphatic rings. The van der Waals surface area contributed by atoms with Gasteiger partial charge in [-0.1, -0.05) is 29.3 Å². The van der Waals surface area contributed by atoms with Crippen molar-refractivity contribution in [2.45, 2.75) is 24.4 Å². The summed E-state index contributed by atoms with van der Waals surface area (Å²) in [5.74, 6) is -2.16. The molecule has 2 N–H and O–H groups in total. The molecule has 2 fully saturated rings. The summed E-state index contributed by atoms with van der Waals surface area (Å²) in [5, 5.41) is 6.74. The Kier molecular flexibility index (Phi) is 9.07. The molecule has 12 heteroatoms. The van der Waals surface area contributed by atoms with E-state index < -0.39 is 39.3 Å². The standard InChI is InChI=1S/C25H28Cl2FN3O5S/c26-20-6-3-17(13-21(20)27)19-14-22(19)29-7-12-37(34,35)15-23(25(33)31-8-10-36-11-9-31)30-24(32)16-1-4-18(28)5-2-16/h1-6,13,19,22-23,29H,7-12,14-15H2,(H,30,32)/t19-,22?,23+/m0/s1. The molecule has 2 amide bonds. The van der Waals surface area contributed by atoms with Gasteiger partial charge >= 0.3 is 0 Å². The van der Waals surface area contributed by atoms with E-state index in [0.717, 1.165) is 24.1 Å². The van der Waals surface area contributed by atoms with Crippen molar-refractivity contribution in [1.82, 2.24) is 15.5 Å². The molecule has 8 nitrogen and oxygen atoms in total. The van der Waals surface area contributed by atoms with Gasteiger partial charge < -0.3 is 20.3 Å². The number of morpholine rings is 1. The highest BCUT2D eigenvalue weighted by atomic mass is 35.5. The van der Waals surface area contributed by atoms with Crippen LogP contribution in [0.2, 0.25) is 10.0 Å². The fourth-order valence-corrected chi connectivity index (χ4v) is 5.93. The number of nitrogens with one attached hydrogen (secondary N) is 2. The number of carbonyl (C=O) groups excluding carboxylic acids is 2. The Morgan fingerprint density at radius 3 is 2.46 bits per heavy atom. The van der Waals surface area contributed by atoms with E-state index >= 15 is 0 Å². The number of rotatable bonds is 10. The summed E-state index contributed by atoms with van der Waals surface area (Å²) in [6, 6.07) is 9.12. The lowest BCUT2D eigenvalue weighted by molar-refractivity contribution is -0.136. The van der Waals surface area contributed by atoms with Crippen molar-refractivity contribution in [3.05, 3.63) is 69.5 Å². The van der Waals surface area contributed by atoms with E-state index in [4.69, 9.17) is 27.9 Å². The van der Waals surface area contributed by atoms with E-state index in [1.165, 1.54) is 17.0 Å². The van der Waals surface area contributed by atoms with Crippen LogP contribution in [-0.2, 0) is 19.4 Å². The van der Waals surface area contributed by atoms with Crippen LogP contribution in [0.15, 0.2) is 42.5 Å².